The van der Waals surface area contributed by atoms with E-state index in [0.29, 0.717) is 13.0 Å². The molecule has 0 fully saturated rings. The standard InChI is InChI=1S/C17H18N2O5.C10H15NO/c1-18(12-11-13-5-3-4-6-16(13)23-2)17(20)24-15-9-7-14(8-10-15)19(21)22;1-11-8-7-9-5-3-4-6-10(9)12-2/h3-10H,11-12H2,1-2H3;3-6,11H,7-8H2,1-2H3. The van der Waals surface area contributed by atoms with Crippen LogP contribution in [0.3, 0.4) is 0 Å². The van der Waals surface area contributed by atoms with Crippen LogP contribution in [0, 0.1) is 10.1 Å². The van der Waals surface area contributed by atoms with Crippen molar-refractivity contribution in [2.45, 2.75) is 12.8 Å². The Hall–Kier alpha value is -4.11. The number of nitro benzene ring substituents is 1. The second kappa shape index (κ2) is 15.0. The molecule has 0 aliphatic heterocycles. The minimum Gasteiger partial charge on any atom is -0.496 e. The van der Waals surface area contributed by atoms with Crippen molar-refractivity contribution in [1.82, 2.24) is 10.2 Å². The lowest BCUT2D eigenvalue weighted by atomic mass is 10.1. The van der Waals surface area contributed by atoms with E-state index in [1.807, 2.05) is 49.5 Å². The van der Waals surface area contributed by atoms with Crippen LogP contribution in [-0.2, 0) is 12.8 Å². The number of carbonyl (C=O) groups is 1. The lowest BCUT2D eigenvalue weighted by Gasteiger charge is -2.17. The van der Waals surface area contributed by atoms with Crippen molar-refractivity contribution in [2.24, 2.45) is 0 Å². The number of benzene rings is 3. The van der Waals surface area contributed by atoms with E-state index in [1.165, 1.54) is 34.7 Å². The molecule has 0 atom stereocenters. The molecule has 0 aliphatic rings. The number of ether oxygens (including phenoxy) is 3. The average Bonchev–Trinajstić information content (AvgIpc) is 2.91. The molecule has 1 N–H and O–H groups in total. The lowest BCUT2D eigenvalue weighted by molar-refractivity contribution is -0.384. The van der Waals surface area contributed by atoms with Gasteiger partial charge in [0.1, 0.15) is 17.2 Å². The summed E-state index contributed by atoms with van der Waals surface area (Å²) in [4.78, 5) is 23.6. The van der Waals surface area contributed by atoms with Crippen LogP contribution in [0.4, 0.5) is 10.5 Å². The summed E-state index contributed by atoms with van der Waals surface area (Å²) in [5.74, 6) is 2.01. The Morgan fingerprint density at radius 1 is 0.889 bits per heavy atom. The van der Waals surface area contributed by atoms with Crippen LogP contribution in [0.25, 0.3) is 0 Å². The molecule has 0 saturated carbocycles. The highest BCUT2D eigenvalue weighted by Crippen LogP contribution is 2.20. The van der Waals surface area contributed by atoms with E-state index in [-0.39, 0.29) is 11.4 Å². The van der Waals surface area contributed by atoms with Crippen LogP contribution >= 0.6 is 0 Å². The van der Waals surface area contributed by atoms with Gasteiger partial charge in [0, 0.05) is 25.7 Å². The number of amides is 1. The molecule has 3 aromatic carbocycles. The first kappa shape index (κ1) is 28.1. The van der Waals surface area contributed by atoms with Crippen molar-refractivity contribution < 1.29 is 23.9 Å². The molecule has 0 saturated heterocycles. The summed E-state index contributed by atoms with van der Waals surface area (Å²) in [5, 5.41) is 13.7. The normalized spacial score (nSPS) is 10.0. The number of methoxy groups -OCH3 is 2. The van der Waals surface area contributed by atoms with Gasteiger partial charge in [-0.25, -0.2) is 4.79 Å². The zero-order valence-electron chi connectivity index (χ0n) is 21.1. The molecule has 9 nitrogen and oxygen atoms in total. The van der Waals surface area contributed by atoms with E-state index >= 15 is 0 Å². The molecular weight excluding hydrogens is 462 g/mol. The molecule has 0 radical (unpaired) electrons. The molecule has 0 bridgehead atoms. The van der Waals surface area contributed by atoms with Crippen molar-refractivity contribution in [3.63, 3.8) is 0 Å². The van der Waals surface area contributed by atoms with Gasteiger partial charge in [0.15, 0.2) is 0 Å². The Morgan fingerprint density at radius 3 is 1.92 bits per heavy atom. The van der Waals surface area contributed by atoms with E-state index in [9.17, 15) is 14.9 Å². The lowest BCUT2D eigenvalue weighted by Crippen LogP contribution is -2.31. The van der Waals surface area contributed by atoms with Crippen LogP contribution < -0.4 is 19.5 Å². The Kier molecular flexibility index (Phi) is 11.7. The number of non-ortho nitro benzene ring substituents is 1. The number of nitro groups is 1. The van der Waals surface area contributed by atoms with Crippen LogP contribution in [0.5, 0.6) is 17.2 Å². The predicted octanol–water partition coefficient (Wildman–Crippen LogP) is 4.73. The summed E-state index contributed by atoms with van der Waals surface area (Å²) in [7, 11) is 6.89. The first-order valence-corrected chi connectivity index (χ1v) is 11.4. The molecular formula is C27H33N3O6. The predicted molar refractivity (Wildman–Crippen MR) is 139 cm³/mol. The third-order valence-corrected chi connectivity index (χ3v) is 5.31. The van der Waals surface area contributed by atoms with Crippen molar-refractivity contribution in [3.05, 3.63) is 94.0 Å². The molecule has 9 heteroatoms. The molecule has 0 aromatic heterocycles. The second-order valence-electron chi connectivity index (χ2n) is 7.77. The summed E-state index contributed by atoms with van der Waals surface area (Å²) < 4.78 is 15.7. The number of hydrogen-bond acceptors (Lipinski definition) is 7. The van der Waals surface area contributed by atoms with E-state index in [1.54, 1.807) is 21.3 Å². The van der Waals surface area contributed by atoms with Crippen molar-refractivity contribution in [1.29, 1.82) is 0 Å². The SMILES string of the molecule is CNCCc1ccccc1OC.COc1ccccc1CCN(C)C(=O)Oc1ccc([N+](=O)[O-])cc1. The van der Waals surface area contributed by atoms with Gasteiger partial charge in [-0.15, -0.1) is 0 Å². The number of likely N-dealkylation sites (N-methyl/N-ethyl adjacent to an activating group) is 2. The van der Waals surface area contributed by atoms with Crippen LogP contribution in [0.2, 0.25) is 0 Å². The van der Waals surface area contributed by atoms with Crippen LogP contribution in [-0.4, -0.2) is 57.3 Å². The minimum absolute atomic E-state index is 0.0562. The second-order valence-corrected chi connectivity index (χ2v) is 7.77. The highest BCUT2D eigenvalue weighted by atomic mass is 16.6. The number of carbonyl (C=O) groups excluding carboxylic acids is 1. The molecule has 0 heterocycles. The first-order chi connectivity index (χ1) is 17.4. The van der Waals surface area contributed by atoms with Gasteiger partial charge >= 0.3 is 6.09 Å². The van der Waals surface area contributed by atoms with Gasteiger partial charge in [-0.1, -0.05) is 36.4 Å². The Bertz CT molecular complexity index is 1100. The highest BCUT2D eigenvalue weighted by Gasteiger charge is 2.13. The molecule has 3 rings (SSSR count). The molecule has 0 unspecified atom stereocenters. The van der Waals surface area contributed by atoms with Gasteiger partial charge in [-0.2, -0.15) is 0 Å². The first-order valence-electron chi connectivity index (χ1n) is 11.4. The highest BCUT2D eigenvalue weighted by molar-refractivity contribution is 5.70. The van der Waals surface area contributed by atoms with E-state index in [2.05, 4.69) is 11.4 Å². The topological polar surface area (TPSA) is 103 Å². The smallest absolute Gasteiger partial charge is 0.414 e. The molecule has 192 valence electrons. The quantitative estimate of drug-likeness (QED) is 0.320. The number of nitrogens with one attached hydrogen (secondary N) is 1. The summed E-state index contributed by atoms with van der Waals surface area (Å²) in [5.41, 5.74) is 2.20. The molecule has 0 spiro atoms. The average molecular weight is 496 g/mol. The van der Waals surface area contributed by atoms with Gasteiger partial charge in [0.2, 0.25) is 0 Å². The Balaban J connectivity index is 0.000000319. The van der Waals surface area contributed by atoms with Crippen molar-refractivity contribution >= 4 is 11.8 Å². The zero-order chi connectivity index (χ0) is 26.3. The molecule has 0 aliphatic carbocycles. The number of para-hydroxylation sites is 2. The Morgan fingerprint density at radius 2 is 1.42 bits per heavy atom. The van der Waals surface area contributed by atoms with Gasteiger partial charge in [-0.05, 0) is 61.8 Å². The minimum atomic E-state index is -0.529. The third kappa shape index (κ3) is 8.92. The van der Waals surface area contributed by atoms with Gasteiger partial charge in [-0.3, -0.25) is 10.1 Å². The van der Waals surface area contributed by atoms with Crippen molar-refractivity contribution in [3.8, 4) is 17.2 Å². The maximum Gasteiger partial charge on any atom is 0.414 e. The molecule has 36 heavy (non-hydrogen) atoms. The van der Waals surface area contributed by atoms with Gasteiger partial charge in [0.05, 0.1) is 19.1 Å². The third-order valence-electron chi connectivity index (χ3n) is 5.31. The summed E-state index contributed by atoms with van der Waals surface area (Å²) in [6.45, 7) is 1.44. The van der Waals surface area contributed by atoms with Crippen LogP contribution in [0.15, 0.2) is 72.8 Å². The Labute approximate surface area is 211 Å². The fourth-order valence-corrected chi connectivity index (χ4v) is 3.27. The number of nitrogens with zero attached hydrogens (tertiary/aromatic N) is 2. The molecule has 3 aromatic rings. The monoisotopic (exact) mass is 495 g/mol. The van der Waals surface area contributed by atoms with Crippen LogP contribution in [0.1, 0.15) is 11.1 Å². The van der Waals surface area contributed by atoms with Crippen molar-refractivity contribution in [2.75, 3.05) is 41.4 Å². The fourth-order valence-electron chi connectivity index (χ4n) is 3.27. The largest absolute Gasteiger partial charge is 0.496 e. The van der Waals surface area contributed by atoms with E-state index in [0.717, 1.165) is 30.0 Å². The van der Waals surface area contributed by atoms with E-state index in [4.69, 9.17) is 14.2 Å². The summed E-state index contributed by atoms with van der Waals surface area (Å²) in [6.07, 6.45) is 1.11. The number of rotatable bonds is 10. The maximum atomic E-state index is 12.0. The maximum absolute atomic E-state index is 12.0. The number of hydrogen-bond donors (Lipinski definition) is 1. The van der Waals surface area contributed by atoms with Gasteiger partial charge in [0.25, 0.3) is 5.69 Å². The summed E-state index contributed by atoms with van der Waals surface area (Å²) in [6, 6.07) is 21.1. The fraction of sp³-hybridized carbons (Fsp3) is 0.296. The summed E-state index contributed by atoms with van der Waals surface area (Å²) >= 11 is 0. The molecule has 1 amide bonds. The van der Waals surface area contributed by atoms with E-state index < -0.39 is 11.0 Å². The zero-order valence-corrected chi connectivity index (χ0v) is 21.1. The van der Waals surface area contributed by atoms with Gasteiger partial charge < -0.3 is 24.4 Å².